The van der Waals surface area contributed by atoms with Crippen molar-refractivity contribution in [1.29, 1.82) is 0 Å². The number of ether oxygens (including phenoxy) is 1. The lowest BCUT2D eigenvalue weighted by Gasteiger charge is -2.08. The zero-order chi connectivity index (χ0) is 16.2. The van der Waals surface area contributed by atoms with Crippen LogP contribution in [0.15, 0.2) is 23.0 Å². The number of hydrogen-bond donors (Lipinski definition) is 1. The second kappa shape index (κ2) is 6.85. The summed E-state index contributed by atoms with van der Waals surface area (Å²) in [5, 5.41) is 7.96. The fraction of sp³-hybridized carbons (Fsp3) is 0.562. The van der Waals surface area contributed by atoms with Crippen LogP contribution in [0.3, 0.4) is 0 Å². The number of hydrogen-bond acceptors (Lipinski definition) is 5. The van der Waals surface area contributed by atoms with Gasteiger partial charge in [0.1, 0.15) is 11.4 Å². The molecule has 7 heteroatoms. The van der Waals surface area contributed by atoms with Crippen LogP contribution < -0.4 is 16.2 Å². The van der Waals surface area contributed by atoms with Crippen LogP contribution in [-0.4, -0.2) is 26.9 Å². The van der Waals surface area contributed by atoms with Crippen molar-refractivity contribution in [3.8, 4) is 11.4 Å². The van der Waals surface area contributed by atoms with E-state index in [-0.39, 0.29) is 5.69 Å². The van der Waals surface area contributed by atoms with Crippen molar-refractivity contribution in [2.75, 3.05) is 12.8 Å². The third-order valence-electron chi connectivity index (χ3n) is 4.53. The van der Waals surface area contributed by atoms with Gasteiger partial charge in [-0.15, -0.1) is 0 Å². The number of nitrogens with zero attached hydrogens (tertiary/aromatic N) is 4. The molecule has 1 aliphatic rings. The lowest BCUT2D eigenvalue weighted by molar-refractivity contribution is 0.411. The molecular formula is C16H23N5O2. The van der Waals surface area contributed by atoms with Crippen LogP contribution in [0.4, 0.5) is 5.69 Å². The molecule has 23 heavy (non-hydrogen) atoms. The topological polar surface area (TPSA) is 88.0 Å². The quantitative estimate of drug-likeness (QED) is 0.823. The number of rotatable bonds is 6. The summed E-state index contributed by atoms with van der Waals surface area (Å²) in [4.78, 5) is 12.5. The lowest BCUT2D eigenvalue weighted by atomic mass is 10.0. The second-order valence-electron chi connectivity index (χ2n) is 6.12. The van der Waals surface area contributed by atoms with E-state index in [1.807, 2.05) is 0 Å². The Morgan fingerprint density at radius 1 is 1.30 bits per heavy atom. The Kier molecular flexibility index (Phi) is 4.64. The molecule has 0 atom stereocenters. The number of benzene rings is 1. The Morgan fingerprint density at radius 2 is 2.09 bits per heavy atom. The molecule has 3 rings (SSSR count). The molecule has 1 fully saturated rings. The molecule has 1 aliphatic carbocycles. The van der Waals surface area contributed by atoms with Gasteiger partial charge in [-0.25, -0.2) is 4.79 Å². The van der Waals surface area contributed by atoms with Crippen molar-refractivity contribution >= 4 is 5.69 Å². The number of tetrazole rings is 1. The molecule has 0 spiro atoms. The van der Waals surface area contributed by atoms with E-state index in [4.69, 9.17) is 10.5 Å². The van der Waals surface area contributed by atoms with Crippen LogP contribution in [0.25, 0.3) is 5.69 Å². The standard InChI is InChI=1S/C16H23N5O2/c1-23-15-11-13(17)8-9-14(15)21-16(22)20(18-19-21)10-4-7-12-5-2-3-6-12/h8-9,11-12H,2-7,10,17H2,1H3. The summed E-state index contributed by atoms with van der Waals surface area (Å²) in [5.74, 6) is 1.32. The van der Waals surface area contributed by atoms with E-state index in [1.165, 1.54) is 42.2 Å². The number of nitrogens with two attached hydrogens (primary N) is 1. The highest BCUT2D eigenvalue weighted by Gasteiger charge is 2.16. The van der Waals surface area contributed by atoms with Crippen molar-refractivity contribution < 1.29 is 4.74 Å². The third kappa shape index (κ3) is 3.38. The summed E-state index contributed by atoms with van der Waals surface area (Å²) in [6.45, 7) is 0.604. The molecule has 0 unspecified atom stereocenters. The molecule has 0 radical (unpaired) electrons. The molecule has 0 saturated heterocycles. The molecule has 0 aliphatic heterocycles. The van der Waals surface area contributed by atoms with Crippen molar-refractivity contribution in [1.82, 2.24) is 19.8 Å². The smallest absolute Gasteiger partial charge is 0.368 e. The van der Waals surface area contributed by atoms with Gasteiger partial charge in [0, 0.05) is 18.3 Å². The minimum Gasteiger partial charge on any atom is -0.494 e. The van der Waals surface area contributed by atoms with Crippen molar-refractivity contribution in [3.05, 3.63) is 28.7 Å². The zero-order valence-corrected chi connectivity index (χ0v) is 13.4. The SMILES string of the molecule is COc1cc(N)ccc1-n1nnn(CCCC2CCCC2)c1=O. The van der Waals surface area contributed by atoms with Crippen LogP contribution in [0.2, 0.25) is 0 Å². The summed E-state index contributed by atoms with van der Waals surface area (Å²) in [6, 6.07) is 5.09. The van der Waals surface area contributed by atoms with Gasteiger partial charge in [0.05, 0.1) is 7.11 Å². The molecule has 1 aromatic carbocycles. The molecule has 2 aromatic rings. The van der Waals surface area contributed by atoms with E-state index in [0.717, 1.165) is 18.8 Å². The minimum atomic E-state index is -0.250. The average Bonchev–Trinajstić information content (AvgIpc) is 3.18. The second-order valence-corrected chi connectivity index (χ2v) is 6.12. The van der Waals surface area contributed by atoms with E-state index in [9.17, 15) is 4.79 Å². The highest BCUT2D eigenvalue weighted by molar-refractivity contribution is 5.55. The molecule has 1 aromatic heterocycles. The summed E-state index contributed by atoms with van der Waals surface area (Å²) < 4.78 is 7.96. The maximum Gasteiger partial charge on any atom is 0.368 e. The van der Waals surface area contributed by atoms with E-state index < -0.39 is 0 Å². The zero-order valence-electron chi connectivity index (χ0n) is 13.4. The van der Waals surface area contributed by atoms with Crippen LogP contribution in [0, 0.1) is 5.92 Å². The first-order chi connectivity index (χ1) is 11.2. The lowest BCUT2D eigenvalue weighted by Crippen LogP contribution is -2.25. The van der Waals surface area contributed by atoms with Crippen LogP contribution in [0.1, 0.15) is 38.5 Å². The van der Waals surface area contributed by atoms with Gasteiger partial charge < -0.3 is 10.5 Å². The minimum absolute atomic E-state index is 0.250. The molecule has 2 N–H and O–H groups in total. The monoisotopic (exact) mass is 317 g/mol. The molecule has 1 saturated carbocycles. The Labute approximate surface area is 135 Å². The van der Waals surface area contributed by atoms with Gasteiger partial charge in [0.15, 0.2) is 0 Å². The van der Waals surface area contributed by atoms with Gasteiger partial charge in [0.2, 0.25) is 0 Å². The van der Waals surface area contributed by atoms with Crippen LogP contribution in [0.5, 0.6) is 5.75 Å². The number of aromatic nitrogens is 4. The van der Waals surface area contributed by atoms with Crippen molar-refractivity contribution in [2.45, 2.75) is 45.1 Å². The molecular weight excluding hydrogens is 294 g/mol. The van der Waals surface area contributed by atoms with Gasteiger partial charge in [-0.2, -0.15) is 9.36 Å². The number of methoxy groups -OCH3 is 1. The van der Waals surface area contributed by atoms with Crippen LogP contribution >= 0.6 is 0 Å². The Hall–Kier alpha value is -2.31. The van der Waals surface area contributed by atoms with Gasteiger partial charge in [0.25, 0.3) is 0 Å². The first kappa shape index (κ1) is 15.6. The van der Waals surface area contributed by atoms with Crippen LogP contribution in [-0.2, 0) is 6.54 Å². The maximum absolute atomic E-state index is 12.5. The van der Waals surface area contributed by atoms with Gasteiger partial charge in [-0.05, 0) is 41.3 Å². The van der Waals surface area contributed by atoms with E-state index >= 15 is 0 Å². The Balaban J connectivity index is 1.72. The summed E-state index contributed by atoms with van der Waals surface area (Å²) in [5.41, 5.74) is 6.61. The van der Waals surface area contributed by atoms with Gasteiger partial charge in [-0.1, -0.05) is 25.7 Å². The predicted octanol–water partition coefficient (Wildman–Crippen LogP) is 1.99. The van der Waals surface area contributed by atoms with E-state index in [1.54, 1.807) is 18.2 Å². The number of anilines is 1. The predicted molar refractivity (Wildman–Crippen MR) is 87.8 cm³/mol. The average molecular weight is 317 g/mol. The molecule has 1 heterocycles. The molecule has 0 amide bonds. The maximum atomic E-state index is 12.5. The number of nitrogen functional groups attached to an aromatic ring is 1. The Bertz CT molecular complexity index is 716. The van der Waals surface area contributed by atoms with Crippen molar-refractivity contribution in [2.24, 2.45) is 5.92 Å². The fourth-order valence-corrected chi connectivity index (χ4v) is 3.26. The molecule has 7 nitrogen and oxygen atoms in total. The van der Waals surface area contributed by atoms with Crippen molar-refractivity contribution in [3.63, 3.8) is 0 Å². The summed E-state index contributed by atoms with van der Waals surface area (Å²) in [6.07, 6.45) is 7.45. The van der Waals surface area contributed by atoms with Gasteiger partial charge >= 0.3 is 5.69 Å². The molecule has 124 valence electrons. The van der Waals surface area contributed by atoms with E-state index in [2.05, 4.69) is 10.4 Å². The largest absolute Gasteiger partial charge is 0.494 e. The normalized spacial score (nSPS) is 15.2. The summed E-state index contributed by atoms with van der Waals surface area (Å²) >= 11 is 0. The highest BCUT2D eigenvalue weighted by Crippen LogP contribution is 2.28. The Morgan fingerprint density at radius 3 is 2.83 bits per heavy atom. The number of aryl methyl sites for hydroxylation is 1. The highest BCUT2D eigenvalue weighted by atomic mass is 16.5. The fourth-order valence-electron chi connectivity index (χ4n) is 3.26. The summed E-state index contributed by atoms with van der Waals surface area (Å²) in [7, 11) is 1.54. The first-order valence-electron chi connectivity index (χ1n) is 8.15. The third-order valence-corrected chi connectivity index (χ3v) is 4.53. The van der Waals surface area contributed by atoms with Gasteiger partial charge in [-0.3, -0.25) is 0 Å². The van der Waals surface area contributed by atoms with E-state index in [0.29, 0.717) is 23.7 Å². The molecule has 0 bridgehead atoms. The first-order valence-corrected chi connectivity index (χ1v) is 8.15.